The summed E-state index contributed by atoms with van der Waals surface area (Å²) in [5.74, 6) is 0.840. The highest BCUT2D eigenvalue weighted by molar-refractivity contribution is 4.82. The van der Waals surface area contributed by atoms with E-state index >= 15 is 0 Å². The molecule has 1 saturated carbocycles. The summed E-state index contributed by atoms with van der Waals surface area (Å²) >= 11 is 0. The van der Waals surface area contributed by atoms with Gasteiger partial charge in [-0.25, -0.2) is 0 Å². The molecular weight excluding hydrogens is 124 g/mol. The maximum absolute atomic E-state index is 9.80. The second-order valence-corrected chi connectivity index (χ2v) is 3.76. The molecule has 0 radical (unpaired) electrons. The van der Waals surface area contributed by atoms with Crippen LogP contribution in [0, 0.1) is 5.92 Å². The third-order valence-electron chi connectivity index (χ3n) is 2.86. The normalized spacial score (nSPS) is 41.7. The van der Waals surface area contributed by atoms with Crippen LogP contribution >= 0.6 is 0 Å². The zero-order chi connectivity index (χ0) is 7.61. The maximum Gasteiger partial charge on any atom is 0.0645 e. The monoisotopic (exact) mass is 142 g/mol. The van der Waals surface area contributed by atoms with E-state index in [2.05, 4.69) is 13.8 Å². The fourth-order valence-electron chi connectivity index (χ4n) is 1.65. The van der Waals surface area contributed by atoms with Crippen molar-refractivity contribution in [1.29, 1.82) is 0 Å². The molecule has 1 N–H and O–H groups in total. The molecule has 0 saturated heterocycles. The van der Waals surface area contributed by atoms with E-state index in [-0.39, 0.29) is 5.60 Å². The number of hydrogen-bond acceptors (Lipinski definition) is 1. The Morgan fingerprint density at radius 1 is 1.40 bits per heavy atom. The fraction of sp³-hybridized carbons (Fsp3) is 1.00. The van der Waals surface area contributed by atoms with Crippen LogP contribution in [0.1, 0.15) is 46.0 Å². The van der Waals surface area contributed by atoms with Gasteiger partial charge in [-0.15, -0.1) is 0 Å². The molecule has 0 aliphatic heterocycles. The van der Waals surface area contributed by atoms with E-state index in [4.69, 9.17) is 0 Å². The summed E-state index contributed by atoms with van der Waals surface area (Å²) in [6.45, 7) is 4.35. The molecule has 0 aromatic rings. The van der Waals surface area contributed by atoms with Crippen LogP contribution < -0.4 is 0 Å². The first-order valence-corrected chi connectivity index (χ1v) is 4.39. The minimum atomic E-state index is -0.299. The van der Waals surface area contributed by atoms with E-state index in [0.29, 0.717) is 0 Å². The first kappa shape index (κ1) is 8.06. The Hall–Kier alpha value is -0.0400. The van der Waals surface area contributed by atoms with Crippen molar-refractivity contribution in [1.82, 2.24) is 0 Å². The van der Waals surface area contributed by atoms with Crippen molar-refractivity contribution in [3.8, 4) is 0 Å². The van der Waals surface area contributed by atoms with E-state index in [0.717, 1.165) is 25.2 Å². The molecule has 0 aromatic heterocycles. The van der Waals surface area contributed by atoms with Gasteiger partial charge in [0.1, 0.15) is 0 Å². The molecular formula is C9H18O. The summed E-state index contributed by atoms with van der Waals surface area (Å²) in [6.07, 6.45) is 5.39. The maximum atomic E-state index is 9.80. The summed E-state index contributed by atoms with van der Waals surface area (Å²) < 4.78 is 0. The third-order valence-corrected chi connectivity index (χ3v) is 2.86. The number of aliphatic hydroxyl groups is 1. The van der Waals surface area contributed by atoms with Crippen molar-refractivity contribution in [3.63, 3.8) is 0 Å². The first-order chi connectivity index (χ1) is 4.66. The molecule has 0 atom stereocenters. The Morgan fingerprint density at radius 3 is 2.30 bits per heavy atom. The fourth-order valence-corrected chi connectivity index (χ4v) is 1.65. The topological polar surface area (TPSA) is 20.2 Å². The smallest absolute Gasteiger partial charge is 0.0645 e. The zero-order valence-electron chi connectivity index (χ0n) is 7.06. The van der Waals surface area contributed by atoms with Crippen molar-refractivity contribution in [3.05, 3.63) is 0 Å². The van der Waals surface area contributed by atoms with E-state index in [1.807, 2.05) is 0 Å². The van der Waals surface area contributed by atoms with Crippen molar-refractivity contribution in [2.45, 2.75) is 51.6 Å². The van der Waals surface area contributed by atoms with Crippen LogP contribution in [-0.2, 0) is 0 Å². The van der Waals surface area contributed by atoms with Gasteiger partial charge in [0, 0.05) is 0 Å². The summed E-state index contributed by atoms with van der Waals surface area (Å²) in [7, 11) is 0. The van der Waals surface area contributed by atoms with Crippen molar-refractivity contribution >= 4 is 0 Å². The number of rotatable bonds is 1. The Kier molecular flexibility index (Phi) is 2.35. The minimum Gasteiger partial charge on any atom is -0.390 e. The molecule has 1 aliphatic rings. The van der Waals surface area contributed by atoms with Crippen LogP contribution in [0.3, 0.4) is 0 Å². The second kappa shape index (κ2) is 2.91. The SMILES string of the molecule is CCC1(O)CCC(C)CC1. The Balaban J connectivity index is 2.38. The van der Waals surface area contributed by atoms with Crippen LogP contribution in [0.25, 0.3) is 0 Å². The van der Waals surface area contributed by atoms with Crippen LogP contribution in [-0.4, -0.2) is 10.7 Å². The van der Waals surface area contributed by atoms with Gasteiger partial charge in [-0.3, -0.25) is 0 Å². The molecule has 1 rings (SSSR count). The van der Waals surface area contributed by atoms with Gasteiger partial charge in [0.2, 0.25) is 0 Å². The third kappa shape index (κ3) is 1.72. The molecule has 0 aromatic carbocycles. The quantitative estimate of drug-likeness (QED) is 0.595. The van der Waals surface area contributed by atoms with Gasteiger partial charge in [0.15, 0.2) is 0 Å². The van der Waals surface area contributed by atoms with Crippen LogP contribution in [0.4, 0.5) is 0 Å². The highest BCUT2D eigenvalue weighted by atomic mass is 16.3. The minimum absolute atomic E-state index is 0.299. The molecule has 10 heavy (non-hydrogen) atoms. The molecule has 0 amide bonds. The largest absolute Gasteiger partial charge is 0.390 e. The molecule has 0 bridgehead atoms. The van der Waals surface area contributed by atoms with Crippen LogP contribution in [0.2, 0.25) is 0 Å². The van der Waals surface area contributed by atoms with Gasteiger partial charge in [-0.05, 0) is 38.0 Å². The summed E-state index contributed by atoms with van der Waals surface area (Å²) in [4.78, 5) is 0. The van der Waals surface area contributed by atoms with Crippen LogP contribution in [0.15, 0.2) is 0 Å². The zero-order valence-corrected chi connectivity index (χ0v) is 7.06. The lowest BCUT2D eigenvalue weighted by molar-refractivity contribution is -0.0103. The molecule has 60 valence electrons. The van der Waals surface area contributed by atoms with Gasteiger partial charge < -0.3 is 5.11 Å². The average Bonchev–Trinajstić information content (AvgIpc) is 1.96. The first-order valence-electron chi connectivity index (χ1n) is 4.39. The summed E-state index contributed by atoms with van der Waals surface area (Å²) in [5.41, 5.74) is -0.299. The van der Waals surface area contributed by atoms with Gasteiger partial charge in [-0.1, -0.05) is 13.8 Å². The van der Waals surface area contributed by atoms with Gasteiger partial charge in [-0.2, -0.15) is 0 Å². The van der Waals surface area contributed by atoms with E-state index < -0.39 is 0 Å². The Morgan fingerprint density at radius 2 is 1.90 bits per heavy atom. The highest BCUT2D eigenvalue weighted by Crippen LogP contribution is 2.33. The van der Waals surface area contributed by atoms with Gasteiger partial charge in [0.05, 0.1) is 5.60 Å². The molecule has 1 aliphatic carbocycles. The van der Waals surface area contributed by atoms with E-state index in [1.165, 1.54) is 12.8 Å². The molecule has 0 unspecified atom stereocenters. The number of hydrogen-bond donors (Lipinski definition) is 1. The molecule has 0 heterocycles. The summed E-state index contributed by atoms with van der Waals surface area (Å²) in [6, 6.07) is 0. The van der Waals surface area contributed by atoms with Crippen molar-refractivity contribution < 1.29 is 5.11 Å². The predicted octanol–water partition coefficient (Wildman–Crippen LogP) is 2.34. The lowest BCUT2D eigenvalue weighted by Crippen LogP contribution is -2.32. The summed E-state index contributed by atoms with van der Waals surface area (Å²) in [5, 5.41) is 9.80. The van der Waals surface area contributed by atoms with Crippen molar-refractivity contribution in [2.75, 3.05) is 0 Å². The molecule has 1 nitrogen and oxygen atoms in total. The van der Waals surface area contributed by atoms with Crippen LogP contribution in [0.5, 0.6) is 0 Å². The average molecular weight is 142 g/mol. The Bertz CT molecular complexity index is 101. The van der Waals surface area contributed by atoms with Crippen molar-refractivity contribution in [2.24, 2.45) is 5.92 Å². The van der Waals surface area contributed by atoms with E-state index in [1.54, 1.807) is 0 Å². The highest BCUT2D eigenvalue weighted by Gasteiger charge is 2.29. The lowest BCUT2D eigenvalue weighted by Gasteiger charge is -2.33. The predicted molar refractivity (Wildman–Crippen MR) is 42.9 cm³/mol. The van der Waals surface area contributed by atoms with Gasteiger partial charge >= 0.3 is 0 Å². The second-order valence-electron chi connectivity index (χ2n) is 3.76. The molecule has 1 heteroatoms. The standard InChI is InChI=1S/C9H18O/c1-3-9(10)6-4-8(2)5-7-9/h8,10H,3-7H2,1-2H3. The van der Waals surface area contributed by atoms with Gasteiger partial charge in [0.25, 0.3) is 0 Å². The Labute approximate surface area is 63.4 Å². The van der Waals surface area contributed by atoms with E-state index in [9.17, 15) is 5.11 Å². The molecule has 1 fully saturated rings. The molecule has 0 spiro atoms. The lowest BCUT2D eigenvalue weighted by atomic mass is 9.78.